The number of amides is 1. The van der Waals surface area contributed by atoms with Gasteiger partial charge in [-0.1, -0.05) is 49.1 Å². The monoisotopic (exact) mass is 278 g/mol. The number of carbonyl (C=O) groups excluding carboxylic acids is 1. The van der Waals surface area contributed by atoms with Crippen LogP contribution in [-0.2, 0) is 11.3 Å². The van der Waals surface area contributed by atoms with Crippen molar-refractivity contribution in [2.75, 3.05) is 6.54 Å². The molecule has 1 amide bonds. The van der Waals surface area contributed by atoms with Crippen LogP contribution in [0.3, 0.4) is 0 Å². The Hall–Kier alpha value is -1.13. The first-order chi connectivity index (χ1) is 8.84. The van der Waals surface area contributed by atoms with Crippen LogP contribution in [-0.4, -0.2) is 26.6 Å². The Morgan fingerprint density at radius 2 is 1.79 bits per heavy atom. The fourth-order valence-electron chi connectivity index (χ4n) is 1.81. The molecule has 0 heterocycles. The van der Waals surface area contributed by atoms with E-state index in [0.717, 1.165) is 6.54 Å². The lowest BCUT2D eigenvalue weighted by molar-refractivity contribution is -0.122. The smallest absolute Gasteiger partial charge is 0.236 e. The molecule has 0 aliphatic carbocycles. The standard InChI is InChI=1S/C15H26N2OSi/c1-6-16-15(18)12(2)17-11-13-7-9-14(10-8-13)19(3,4)5/h7-10,12,17H,6,11H2,1-5H3,(H,16,18). The second kappa shape index (κ2) is 6.87. The van der Waals surface area contributed by atoms with Gasteiger partial charge in [-0.05, 0) is 19.4 Å². The first-order valence-electron chi connectivity index (χ1n) is 6.95. The van der Waals surface area contributed by atoms with Crippen LogP contribution in [0.25, 0.3) is 0 Å². The molecule has 2 N–H and O–H groups in total. The Labute approximate surface area is 117 Å². The number of nitrogens with one attached hydrogen (secondary N) is 2. The molecule has 1 atom stereocenters. The third-order valence-electron chi connectivity index (χ3n) is 3.18. The summed E-state index contributed by atoms with van der Waals surface area (Å²) in [5.41, 5.74) is 1.22. The fourth-order valence-corrected chi connectivity index (χ4v) is 2.98. The van der Waals surface area contributed by atoms with Gasteiger partial charge in [-0.2, -0.15) is 0 Å². The number of benzene rings is 1. The minimum atomic E-state index is -1.21. The van der Waals surface area contributed by atoms with Crippen molar-refractivity contribution < 1.29 is 4.79 Å². The third kappa shape index (κ3) is 5.16. The van der Waals surface area contributed by atoms with Gasteiger partial charge >= 0.3 is 0 Å². The number of hydrogen-bond donors (Lipinski definition) is 2. The highest BCUT2D eigenvalue weighted by Gasteiger charge is 2.16. The van der Waals surface area contributed by atoms with E-state index in [4.69, 9.17) is 0 Å². The van der Waals surface area contributed by atoms with Crippen LogP contribution in [0.2, 0.25) is 19.6 Å². The van der Waals surface area contributed by atoms with Gasteiger partial charge in [-0.15, -0.1) is 0 Å². The quantitative estimate of drug-likeness (QED) is 0.780. The average Bonchev–Trinajstić information content (AvgIpc) is 2.35. The molecule has 0 aliphatic heterocycles. The lowest BCUT2D eigenvalue weighted by Gasteiger charge is -2.17. The molecule has 0 radical (unpaired) electrons. The molecule has 0 aliphatic rings. The number of likely N-dealkylation sites (N-methyl/N-ethyl adjacent to an activating group) is 1. The van der Waals surface area contributed by atoms with Crippen molar-refractivity contribution in [2.24, 2.45) is 0 Å². The summed E-state index contributed by atoms with van der Waals surface area (Å²) in [6, 6.07) is 8.60. The van der Waals surface area contributed by atoms with Crippen molar-refractivity contribution in [2.45, 2.75) is 46.1 Å². The van der Waals surface area contributed by atoms with Crippen LogP contribution in [0.4, 0.5) is 0 Å². The third-order valence-corrected chi connectivity index (χ3v) is 5.24. The van der Waals surface area contributed by atoms with E-state index in [9.17, 15) is 4.79 Å². The summed E-state index contributed by atoms with van der Waals surface area (Å²) in [6.45, 7) is 12.3. The van der Waals surface area contributed by atoms with Gasteiger partial charge in [0, 0.05) is 13.1 Å². The summed E-state index contributed by atoms with van der Waals surface area (Å²) in [5, 5.41) is 7.52. The van der Waals surface area contributed by atoms with E-state index in [2.05, 4.69) is 54.5 Å². The maximum absolute atomic E-state index is 11.6. The molecule has 0 saturated heterocycles. The highest BCUT2D eigenvalue weighted by molar-refractivity contribution is 6.88. The molecule has 1 unspecified atom stereocenters. The second-order valence-electron chi connectivity index (χ2n) is 5.94. The molecule has 0 bridgehead atoms. The summed E-state index contributed by atoms with van der Waals surface area (Å²) in [5.74, 6) is 0.0567. The largest absolute Gasteiger partial charge is 0.355 e. The molecule has 1 aromatic rings. The van der Waals surface area contributed by atoms with Crippen LogP contribution in [0.1, 0.15) is 19.4 Å². The average molecular weight is 278 g/mol. The predicted molar refractivity (Wildman–Crippen MR) is 84.4 cm³/mol. The Bertz CT molecular complexity index is 409. The van der Waals surface area contributed by atoms with Crippen molar-refractivity contribution in [1.29, 1.82) is 0 Å². The molecule has 0 spiro atoms. The van der Waals surface area contributed by atoms with Gasteiger partial charge in [0.2, 0.25) is 5.91 Å². The topological polar surface area (TPSA) is 41.1 Å². The van der Waals surface area contributed by atoms with E-state index >= 15 is 0 Å². The van der Waals surface area contributed by atoms with Crippen LogP contribution in [0.5, 0.6) is 0 Å². The molecule has 1 aromatic carbocycles. The second-order valence-corrected chi connectivity index (χ2v) is 11.0. The lowest BCUT2D eigenvalue weighted by atomic mass is 10.2. The minimum Gasteiger partial charge on any atom is -0.355 e. The maximum atomic E-state index is 11.6. The van der Waals surface area contributed by atoms with Crippen molar-refractivity contribution in [3.05, 3.63) is 29.8 Å². The Kier molecular flexibility index (Phi) is 5.75. The van der Waals surface area contributed by atoms with E-state index in [1.165, 1.54) is 10.8 Å². The maximum Gasteiger partial charge on any atom is 0.236 e. The Balaban J connectivity index is 2.53. The number of hydrogen-bond acceptors (Lipinski definition) is 2. The molecule has 19 heavy (non-hydrogen) atoms. The summed E-state index contributed by atoms with van der Waals surface area (Å²) in [6.07, 6.45) is 0. The summed E-state index contributed by atoms with van der Waals surface area (Å²) in [7, 11) is -1.21. The molecular weight excluding hydrogens is 252 g/mol. The lowest BCUT2D eigenvalue weighted by Crippen LogP contribution is -2.41. The fraction of sp³-hybridized carbons (Fsp3) is 0.533. The zero-order valence-electron chi connectivity index (χ0n) is 12.7. The van der Waals surface area contributed by atoms with Gasteiger partial charge in [0.25, 0.3) is 0 Å². The van der Waals surface area contributed by atoms with E-state index in [0.29, 0.717) is 6.54 Å². The zero-order valence-corrected chi connectivity index (χ0v) is 13.7. The normalized spacial score (nSPS) is 13.1. The first kappa shape index (κ1) is 15.9. The van der Waals surface area contributed by atoms with Crippen LogP contribution < -0.4 is 15.8 Å². The zero-order chi connectivity index (χ0) is 14.5. The molecule has 1 rings (SSSR count). The van der Waals surface area contributed by atoms with Crippen molar-refractivity contribution in [3.63, 3.8) is 0 Å². The molecule has 0 saturated carbocycles. The summed E-state index contributed by atoms with van der Waals surface area (Å²) >= 11 is 0. The van der Waals surface area contributed by atoms with Gasteiger partial charge in [0.15, 0.2) is 0 Å². The Morgan fingerprint density at radius 3 is 2.26 bits per heavy atom. The van der Waals surface area contributed by atoms with Gasteiger partial charge in [-0.25, -0.2) is 0 Å². The first-order valence-corrected chi connectivity index (χ1v) is 10.4. The predicted octanol–water partition coefficient (Wildman–Crippen LogP) is 1.85. The SMILES string of the molecule is CCNC(=O)C(C)NCc1ccc([Si](C)(C)C)cc1. The molecule has 0 aromatic heterocycles. The van der Waals surface area contributed by atoms with Crippen LogP contribution in [0, 0.1) is 0 Å². The highest BCUT2D eigenvalue weighted by atomic mass is 28.3. The van der Waals surface area contributed by atoms with Crippen LogP contribution in [0.15, 0.2) is 24.3 Å². The number of rotatable bonds is 6. The van der Waals surface area contributed by atoms with E-state index in [1.807, 2.05) is 13.8 Å². The minimum absolute atomic E-state index is 0.0567. The molecular formula is C15H26N2OSi. The van der Waals surface area contributed by atoms with E-state index < -0.39 is 8.07 Å². The van der Waals surface area contributed by atoms with Crippen molar-refractivity contribution in [3.8, 4) is 0 Å². The molecule has 3 nitrogen and oxygen atoms in total. The van der Waals surface area contributed by atoms with Crippen molar-refractivity contribution in [1.82, 2.24) is 10.6 Å². The Morgan fingerprint density at radius 1 is 1.21 bits per heavy atom. The van der Waals surface area contributed by atoms with E-state index in [-0.39, 0.29) is 11.9 Å². The summed E-state index contributed by atoms with van der Waals surface area (Å²) < 4.78 is 0. The summed E-state index contributed by atoms with van der Waals surface area (Å²) in [4.78, 5) is 11.6. The van der Waals surface area contributed by atoms with E-state index in [1.54, 1.807) is 0 Å². The van der Waals surface area contributed by atoms with Crippen LogP contribution >= 0.6 is 0 Å². The van der Waals surface area contributed by atoms with Crippen molar-refractivity contribution >= 4 is 19.2 Å². The van der Waals surface area contributed by atoms with Gasteiger partial charge < -0.3 is 10.6 Å². The van der Waals surface area contributed by atoms with Gasteiger partial charge in [-0.3, -0.25) is 4.79 Å². The molecule has 0 fully saturated rings. The van der Waals surface area contributed by atoms with Gasteiger partial charge in [0.05, 0.1) is 14.1 Å². The number of carbonyl (C=O) groups is 1. The highest BCUT2D eigenvalue weighted by Crippen LogP contribution is 2.04. The molecule has 4 heteroatoms. The van der Waals surface area contributed by atoms with Gasteiger partial charge in [0.1, 0.15) is 0 Å². The molecule has 106 valence electrons.